The highest BCUT2D eigenvalue weighted by Gasteiger charge is 2.33. The van der Waals surface area contributed by atoms with E-state index in [4.69, 9.17) is 16.6 Å². The number of aryl methyl sites for hydroxylation is 1. The van der Waals surface area contributed by atoms with Crippen molar-refractivity contribution in [1.82, 2.24) is 9.88 Å². The lowest BCUT2D eigenvalue weighted by atomic mass is 10.1. The van der Waals surface area contributed by atoms with Crippen molar-refractivity contribution in [3.05, 3.63) is 80.8 Å². The van der Waals surface area contributed by atoms with Crippen LogP contribution in [0, 0.1) is 6.92 Å². The lowest BCUT2D eigenvalue weighted by molar-refractivity contribution is -0.115. The summed E-state index contributed by atoms with van der Waals surface area (Å²) in [7, 11) is 0. The van der Waals surface area contributed by atoms with Gasteiger partial charge in [0, 0.05) is 23.0 Å². The van der Waals surface area contributed by atoms with Gasteiger partial charge >= 0.3 is 0 Å². The Labute approximate surface area is 180 Å². The molecule has 0 spiro atoms. The number of hydrogen-bond donors (Lipinski definition) is 1. The standard InChI is InChI=1S/C23H24ClN3OS/c1-3-19-22-20(14-27(19)13-17-8-10-18(24)11-9-17)29-23(26-22)25-21(28)12-16-6-4-15(2)5-7-16/h4-11,19H,3,12-14H2,1-2H3,(H,25,26,28)/t19-/m0/s1. The fraction of sp³-hybridized carbons (Fsp3) is 0.304. The molecule has 2 aromatic carbocycles. The van der Waals surface area contributed by atoms with E-state index in [1.165, 1.54) is 16.0 Å². The van der Waals surface area contributed by atoms with Gasteiger partial charge in [-0.2, -0.15) is 0 Å². The molecule has 1 aromatic heterocycles. The summed E-state index contributed by atoms with van der Waals surface area (Å²) < 4.78 is 0. The number of amides is 1. The van der Waals surface area contributed by atoms with Crippen LogP contribution in [0.25, 0.3) is 0 Å². The number of thiazole rings is 1. The van der Waals surface area contributed by atoms with Crippen molar-refractivity contribution >= 4 is 34.0 Å². The molecule has 1 amide bonds. The third-order valence-electron chi connectivity index (χ3n) is 5.25. The normalized spacial score (nSPS) is 16.0. The molecule has 1 aliphatic rings. The van der Waals surface area contributed by atoms with Gasteiger partial charge in [-0.1, -0.05) is 60.5 Å². The van der Waals surface area contributed by atoms with E-state index >= 15 is 0 Å². The van der Waals surface area contributed by atoms with Crippen LogP contribution < -0.4 is 5.32 Å². The molecule has 0 saturated carbocycles. The maximum absolute atomic E-state index is 12.4. The molecule has 1 N–H and O–H groups in total. The summed E-state index contributed by atoms with van der Waals surface area (Å²) in [6.07, 6.45) is 1.35. The van der Waals surface area contributed by atoms with E-state index in [0.717, 1.165) is 35.8 Å². The Morgan fingerprint density at radius 3 is 2.55 bits per heavy atom. The van der Waals surface area contributed by atoms with Crippen LogP contribution in [0.15, 0.2) is 48.5 Å². The highest BCUT2D eigenvalue weighted by molar-refractivity contribution is 7.15. The minimum absolute atomic E-state index is 0.0210. The molecule has 0 unspecified atom stereocenters. The number of benzene rings is 2. The average Bonchev–Trinajstić information content (AvgIpc) is 3.21. The first-order chi connectivity index (χ1) is 14.0. The van der Waals surface area contributed by atoms with Crippen molar-refractivity contribution in [2.75, 3.05) is 5.32 Å². The molecule has 0 saturated heterocycles. The second kappa shape index (κ2) is 8.66. The van der Waals surface area contributed by atoms with Gasteiger partial charge in [0.05, 0.1) is 18.2 Å². The van der Waals surface area contributed by atoms with Crippen molar-refractivity contribution in [3.63, 3.8) is 0 Å². The van der Waals surface area contributed by atoms with Gasteiger partial charge in [-0.3, -0.25) is 9.69 Å². The fourth-order valence-electron chi connectivity index (χ4n) is 3.75. The maximum Gasteiger partial charge on any atom is 0.230 e. The molecule has 0 fully saturated rings. The second-order valence-electron chi connectivity index (χ2n) is 7.49. The van der Waals surface area contributed by atoms with E-state index in [2.05, 4.69) is 29.3 Å². The third kappa shape index (κ3) is 4.69. The van der Waals surface area contributed by atoms with E-state index in [1.807, 2.05) is 43.3 Å². The first-order valence-corrected chi connectivity index (χ1v) is 11.0. The molecule has 4 rings (SSSR count). The molecular formula is C23H24ClN3OS. The number of anilines is 1. The van der Waals surface area contributed by atoms with Gasteiger partial charge in [0.15, 0.2) is 5.13 Å². The summed E-state index contributed by atoms with van der Waals surface area (Å²) in [4.78, 5) is 20.9. The van der Waals surface area contributed by atoms with Crippen LogP contribution in [0.5, 0.6) is 0 Å². The molecule has 150 valence electrons. The van der Waals surface area contributed by atoms with Crippen LogP contribution in [0.4, 0.5) is 5.13 Å². The quantitative estimate of drug-likeness (QED) is 0.546. The van der Waals surface area contributed by atoms with E-state index in [9.17, 15) is 4.79 Å². The number of rotatable bonds is 6. The molecule has 1 aliphatic heterocycles. The molecule has 0 radical (unpaired) electrons. The van der Waals surface area contributed by atoms with Crippen LogP contribution in [-0.4, -0.2) is 15.8 Å². The number of halogens is 1. The first kappa shape index (κ1) is 20.1. The molecule has 3 aromatic rings. The monoisotopic (exact) mass is 425 g/mol. The topological polar surface area (TPSA) is 45.2 Å². The third-order valence-corrected chi connectivity index (χ3v) is 6.47. The molecule has 29 heavy (non-hydrogen) atoms. The largest absolute Gasteiger partial charge is 0.302 e. The number of hydrogen-bond acceptors (Lipinski definition) is 4. The number of carbonyl (C=O) groups excluding carboxylic acids is 1. The van der Waals surface area contributed by atoms with Crippen LogP contribution in [0.3, 0.4) is 0 Å². The molecule has 6 heteroatoms. The Bertz CT molecular complexity index is 998. The Hall–Kier alpha value is -2.21. The zero-order valence-corrected chi connectivity index (χ0v) is 18.2. The summed E-state index contributed by atoms with van der Waals surface area (Å²) in [5.74, 6) is -0.0210. The van der Waals surface area contributed by atoms with E-state index in [-0.39, 0.29) is 11.9 Å². The Balaban J connectivity index is 1.41. The number of fused-ring (bicyclic) bond motifs is 1. The van der Waals surface area contributed by atoms with Gasteiger partial charge < -0.3 is 5.32 Å². The van der Waals surface area contributed by atoms with E-state index in [1.54, 1.807) is 11.3 Å². The van der Waals surface area contributed by atoms with Gasteiger partial charge in [0.2, 0.25) is 5.91 Å². The lowest BCUT2D eigenvalue weighted by Crippen LogP contribution is -2.22. The number of carbonyl (C=O) groups is 1. The summed E-state index contributed by atoms with van der Waals surface area (Å²) >= 11 is 7.59. The van der Waals surface area contributed by atoms with E-state index < -0.39 is 0 Å². The summed E-state index contributed by atoms with van der Waals surface area (Å²) in [5, 5.41) is 4.45. The molecule has 2 heterocycles. The molecule has 0 bridgehead atoms. The summed E-state index contributed by atoms with van der Waals surface area (Å²) in [5.41, 5.74) is 4.56. The van der Waals surface area contributed by atoms with Gasteiger partial charge in [-0.25, -0.2) is 4.98 Å². The van der Waals surface area contributed by atoms with E-state index in [0.29, 0.717) is 11.6 Å². The fourth-order valence-corrected chi connectivity index (χ4v) is 4.94. The van der Waals surface area contributed by atoms with Crippen molar-refractivity contribution in [1.29, 1.82) is 0 Å². The average molecular weight is 426 g/mol. The lowest BCUT2D eigenvalue weighted by Gasteiger charge is -2.23. The predicted octanol–water partition coefficient (Wildman–Crippen LogP) is 5.75. The number of nitrogens with zero attached hydrogens (tertiary/aromatic N) is 2. The Morgan fingerprint density at radius 1 is 1.17 bits per heavy atom. The van der Waals surface area contributed by atoms with Crippen molar-refractivity contribution < 1.29 is 4.79 Å². The highest BCUT2D eigenvalue weighted by Crippen LogP contribution is 2.41. The molecular weight excluding hydrogens is 402 g/mol. The maximum atomic E-state index is 12.4. The van der Waals surface area contributed by atoms with Crippen LogP contribution in [0.1, 0.15) is 46.6 Å². The minimum Gasteiger partial charge on any atom is -0.302 e. The number of nitrogens with one attached hydrogen (secondary N) is 1. The zero-order chi connectivity index (χ0) is 20.4. The van der Waals surface area contributed by atoms with Gasteiger partial charge in [0.25, 0.3) is 0 Å². The zero-order valence-electron chi connectivity index (χ0n) is 16.6. The minimum atomic E-state index is -0.0210. The van der Waals surface area contributed by atoms with Crippen molar-refractivity contribution in [2.45, 2.75) is 45.8 Å². The molecule has 4 nitrogen and oxygen atoms in total. The Morgan fingerprint density at radius 2 is 1.86 bits per heavy atom. The van der Waals surface area contributed by atoms with Crippen LogP contribution >= 0.6 is 22.9 Å². The summed E-state index contributed by atoms with van der Waals surface area (Å²) in [6.45, 7) is 5.96. The second-order valence-corrected chi connectivity index (χ2v) is 9.01. The predicted molar refractivity (Wildman–Crippen MR) is 119 cm³/mol. The van der Waals surface area contributed by atoms with Crippen LogP contribution in [-0.2, 0) is 24.3 Å². The highest BCUT2D eigenvalue weighted by atomic mass is 35.5. The smallest absolute Gasteiger partial charge is 0.230 e. The summed E-state index contributed by atoms with van der Waals surface area (Å²) in [6, 6.07) is 16.4. The van der Waals surface area contributed by atoms with Gasteiger partial charge in [0.1, 0.15) is 0 Å². The first-order valence-electron chi connectivity index (χ1n) is 9.85. The van der Waals surface area contributed by atoms with Gasteiger partial charge in [-0.05, 0) is 36.6 Å². The molecule has 0 aliphatic carbocycles. The van der Waals surface area contributed by atoms with Gasteiger partial charge in [-0.15, -0.1) is 11.3 Å². The molecule has 1 atom stereocenters. The van der Waals surface area contributed by atoms with Crippen LogP contribution in [0.2, 0.25) is 5.02 Å². The SMILES string of the molecule is CC[C@H]1c2nc(NC(=O)Cc3ccc(C)cc3)sc2CN1Cc1ccc(Cl)cc1. The Kier molecular flexibility index (Phi) is 5.99. The van der Waals surface area contributed by atoms with Crippen molar-refractivity contribution in [3.8, 4) is 0 Å². The van der Waals surface area contributed by atoms with Crippen molar-refractivity contribution in [2.24, 2.45) is 0 Å². The number of aromatic nitrogens is 1.